The molecule has 160 valence electrons. The van der Waals surface area contributed by atoms with Crippen LogP contribution in [0.5, 0.6) is 5.75 Å². The summed E-state index contributed by atoms with van der Waals surface area (Å²) in [6.07, 6.45) is 4.30. The Balaban J connectivity index is 0.00000300. The zero-order chi connectivity index (χ0) is 19.8. The van der Waals surface area contributed by atoms with E-state index < -0.39 is 0 Å². The summed E-state index contributed by atoms with van der Waals surface area (Å²) in [7, 11) is 3.68. The van der Waals surface area contributed by atoms with E-state index in [0.717, 1.165) is 43.6 Å². The van der Waals surface area contributed by atoms with Crippen molar-refractivity contribution in [3.05, 3.63) is 47.8 Å². The monoisotopic (exact) mass is 512 g/mol. The number of hydrogen-bond acceptors (Lipinski definition) is 4. The van der Waals surface area contributed by atoms with Crippen LogP contribution in [0.1, 0.15) is 37.1 Å². The lowest BCUT2D eigenvalue weighted by atomic mass is 10.0. The van der Waals surface area contributed by atoms with Gasteiger partial charge in [0.1, 0.15) is 5.75 Å². The third-order valence-electron chi connectivity index (χ3n) is 5.21. The first-order chi connectivity index (χ1) is 13.7. The minimum atomic E-state index is 0. The quantitative estimate of drug-likeness (QED) is 0.324. The Morgan fingerprint density at radius 1 is 1.21 bits per heavy atom. The molecule has 2 aromatic rings. The number of ether oxygens (including phenoxy) is 1. The summed E-state index contributed by atoms with van der Waals surface area (Å²) in [5, 5.41) is 11.1. The van der Waals surface area contributed by atoms with Crippen LogP contribution in [0.15, 0.2) is 41.5 Å². The second kappa shape index (κ2) is 12.0. The van der Waals surface area contributed by atoms with E-state index in [1.807, 2.05) is 29.9 Å². The van der Waals surface area contributed by atoms with Gasteiger partial charge in [0.05, 0.1) is 25.4 Å². The molecule has 2 N–H and O–H groups in total. The summed E-state index contributed by atoms with van der Waals surface area (Å²) >= 11 is 0. The number of benzene rings is 1. The summed E-state index contributed by atoms with van der Waals surface area (Å²) in [5.41, 5.74) is 2.31. The van der Waals surface area contributed by atoms with Gasteiger partial charge in [-0.2, -0.15) is 5.10 Å². The molecule has 8 heteroatoms. The molecule has 1 aromatic carbocycles. The molecule has 2 heterocycles. The molecular weight excluding hydrogens is 479 g/mol. The van der Waals surface area contributed by atoms with Crippen LogP contribution < -0.4 is 15.4 Å². The van der Waals surface area contributed by atoms with Crippen LogP contribution >= 0.6 is 24.0 Å². The lowest BCUT2D eigenvalue weighted by molar-refractivity contribution is 0.239. The summed E-state index contributed by atoms with van der Waals surface area (Å²) < 4.78 is 7.50. The van der Waals surface area contributed by atoms with Gasteiger partial charge in [0.2, 0.25) is 0 Å². The summed E-state index contributed by atoms with van der Waals surface area (Å²) in [4.78, 5) is 7.27. The van der Waals surface area contributed by atoms with Crippen molar-refractivity contribution in [2.75, 3.05) is 33.3 Å². The van der Waals surface area contributed by atoms with Crippen LogP contribution in [0, 0.1) is 0 Å². The predicted molar refractivity (Wildman–Crippen MR) is 128 cm³/mol. The van der Waals surface area contributed by atoms with Crippen molar-refractivity contribution in [3.63, 3.8) is 0 Å². The Bertz CT molecular complexity index is 772. The molecule has 1 aromatic heterocycles. The van der Waals surface area contributed by atoms with E-state index in [2.05, 4.69) is 39.7 Å². The van der Waals surface area contributed by atoms with Crippen LogP contribution in [-0.4, -0.2) is 53.9 Å². The molecule has 29 heavy (non-hydrogen) atoms. The van der Waals surface area contributed by atoms with E-state index in [9.17, 15) is 0 Å². The number of guanidine groups is 1. The molecule has 0 amide bonds. The fraction of sp³-hybridized carbons (Fsp3) is 0.524. The fourth-order valence-corrected chi connectivity index (χ4v) is 3.68. The normalized spacial score (nSPS) is 15.6. The Morgan fingerprint density at radius 2 is 1.97 bits per heavy atom. The van der Waals surface area contributed by atoms with Gasteiger partial charge in [0.25, 0.3) is 0 Å². The number of likely N-dealkylation sites (tertiary alicyclic amines) is 1. The Morgan fingerprint density at radius 3 is 2.62 bits per heavy atom. The zero-order valence-corrected chi connectivity index (χ0v) is 19.9. The highest BCUT2D eigenvalue weighted by Crippen LogP contribution is 2.31. The molecule has 0 saturated carbocycles. The molecule has 1 aliphatic heterocycles. The van der Waals surface area contributed by atoms with E-state index in [1.54, 1.807) is 13.3 Å². The number of aliphatic imine (C=N–C) groups is 1. The van der Waals surface area contributed by atoms with Crippen molar-refractivity contribution in [2.45, 2.75) is 32.4 Å². The van der Waals surface area contributed by atoms with Crippen molar-refractivity contribution in [1.82, 2.24) is 25.3 Å². The molecule has 1 saturated heterocycles. The number of methoxy groups -OCH3 is 1. The molecular formula is C21H33IN6O. The molecule has 0 aliphatic carbocycles. The van der Waals surface area contributed by atoms with Gasteiger partial charge in [-0.05, 0) is 45.0 Å². The van der Waals surface area contributed by atoms with Gasteiger partial charge in [-0.25, -0.2) is 4.99 Å². The van der Waals surface area contributed by atoms with Gasteiger partial charge in [0, 0.05) is 31.9 Å². The summed E-state index contributed by atoms with van der Waals surface area (Å²) in [6.45, 7) is 6.51. The number of aryl methyl sites for hydroxylation is 1. The highest BCUT2D eigenvalue weighted by atomic mass is 127. The average molecular weight is 512 g/mol. The second-order valence-electron chi connectivity index (χ2n) is 7.02. The van der Waals surface area contributed by atoms with Gasteiger partial charge < -0.3 is 15.4 Å². The molecule has 0 spiro atoms. The van der Waals surface area contributed by atoms with Crippen LogP contribution in [-0.2, 0) is 13.6 Å². The van der Waals surface area contributed by atoms with Gasteiger partial charge in [-0.1, -0.05) is 18.2 Å². The van der Waals surface area contributed by atoms with Crippen molar-refractivity contribution < 1.29 is 4.74 Å². The van der Waals surface area contributed by atoms with E-state index >= 15 is 0 Å². The SMILES string of the molecule is CCNC(=NCc1ccnn1C)NCC(c1ccccc1OC)N1CCCC1.I. The molecule has 0 radical (unpaired) electrons. The van der Waals surface area contributed by atoms with Crippen molar-refractivity contribution in [2.24, 2.45) is 12.0 Å². The largest absolute Gasteiger partial charge is 0.496 e. The number of nitrogens with zero attached hydrogens (tertiary/aromatic N) is 4. The third-order valence-corrected chi connectivity index (χ3v) is 5.21. The Kier molecular flexibility index (Phi) is 9.72. The first-order valence-corrected chi connectivity index (χ1v) is 10.1. The standard InChI is InChI=1S/C21H32N6O.HI/c1-4-22-21(23-15-17-11-12-25-26(17)2)24-16-19(27-13-7-8-14-27)18-9-5-6-10-20(18)28-3;/h5-6,9-12,19H,4,7-8,13-16H2,1-3H3,(H2,22,23,24);1H. The summed E-state index contributed by atoms with van der Waals surface area (Å²) in [6, 6.07) is 10.6. The number of nitrogens with one attached hydrogen (secondary N) is 2. The molecule has 1 unspecified atom stereocenters. The van der Waals surface area contributed by atoms with Gasteiger partial charge >= 0.3 is 0 Å². The topological polar surface area (TPSA) is 66.7 Å². The zero-order valence-electron chi connectivity index (χ0n) is 17.6. The summed E-state index contributed by atoms with van der Waals surface area (Å²) in [5.74, 6) is 1.76. The highest BCUT2D eigenvalue weighted by molar-refractivity contribution is 14.0. The molecule has 1 aliphatic rings. The Hall–Kier alpha value is -1.81. The molecule has 1 atom stereocenters. The number of halogens is 1. The van der Waals surface area contributed by atoms with E-state index in [-0.39, 0.29) is 30.0 Å². The van der Waals surface area contributed by atoms with E-state index in [1.165, 1.54) is 18.4 Å². The number of para-hydroxylation sites is 1. The number of hydrogen-bond donors (Lipinski definition) is 2. The maximum atomic E-state index is 5.64. The second-order valence-corrected chi connectivity index (χ2v) is 7.02. The van der Waals surface area contributed by atoms with Crippen LogP contribution in [0.25, 0.3) is 0 Å². The minimum Gasteiger partial charge on any atom is -0.496 e. The molecule has 7 nitrogen and oxygen atoms in total. The maximum Gasteiger partial charge on any atom is 0.191 e. The van der Waals surface area contributed by atoms with Crippen LogP contribution in [0.2, 0.25) is 0 Å². The first-order valence-electron chi connectivity index (χ1n) is 10.1. The average Bonchev–Trinajstić information content (AvgIpc) is 3.38. The minimum absolute atomic E-state index is 0. The smallest absolute Gasteiger partial charge is 0.191 e. The number of rotatable bonds is 8. The van der Waals surface area contributed by atoms with Crippen molar-refractivity contribution in [1.29, 1.82) is 0 Å². The maximum absolute atomic E-state index is 5.64. The third kappa shape index (κ3) is 6.33. The van der Waals surface area contributed by atoms with Crippen molar-refractivity contribution >= 4 is 29.9 Å². The molecule has 3 rings (SSSR count). The van der Waals surface area contributed by atoms with Crippen LogP contribution in [0.3, 0.4) is 0 Å². The first kappa shape index (κ1) is 23.5. The van der Waals surface area contributed by atoms with E-state index in [0.29, 0.717) is 6.54 Å². The van der Waals surface area contributed by atoms with Gasteiger partial charge in [0.15, 0.2) is 5.96 Å². The molecule has 1 fully saturated rings. The van der Waals surface area contributed by atoms with Crippen LogP contribution in [0.4, 0.5) is 0 Å². The Labute approximate surface area is 190 Å². The lowest BCUT2D eigenvalue weighted by Crippen LogP contribution is -2.42. The number of aromatic nitrogens is 2. The van der Waals surface area contributed by atoms with E-state index in [4.69, 9.17) is 9.73 Å². The highest BCUT2D eigenvalue weighted by Gasteiger charge is 2.26. The van der Waals surface area contributed by atoms with Gasteiger partial charge in [-0.15, -0.1) is 24.0 Å². The molecule has 0 bridgehead atoms. The fourth-order valence-electron chi connectivity index (χ4n) is 3.68. The van der Waals surface area contributed by atoms with Crippen molar-refractivity contribution in [3.8, 4) is 5.75 Å². The van der Waals surface area contributed by atoms with Gasteiger partial charge in [-0.3, -0.25) is 9.58 Å². The predicted octanol–water partition coefficient (Wildman–Crippen LogP) is 2.94. The lowest BCUT2D eigenvalue weighted by Gasteiger charge is -2.30.